The quantitative estimate of drug-likeness (QED) is 0.624. The molecule has 1 amide bonds. The number of nitrogens with one attached hydrogen (secondary N) is 1. The van der Waals surface area contributed by atoms with E-state index in [1.807, 2.05) is 48.7 Å². The lowest BCUT2D eigenvalue weighted by atomic mass is 10.1. The van der Waals surface area contributed by atoms with Crippen molar-refractivity contribution in [3.05, 3.63) is 59.7 Å². The lowest BCUT2D eigenvalue weighted by molar-refractivity contribution is 0.0950. The van der Waals surface area contributed by atoms with Crippen LogP contribution < -0.4 is 10.1 Å². The van der Waals surface area contributed by atoms with Gasteiger partial charge in [-0.1, -0.05) is 24.3 Å². The summed E-state index contributed by atoms with van der Waals surface area (Å²) in [6.07, 6.45) is 3.80. The van der Waals surface area contributed by atoms with E-state index in [1.54, 1.807) is 18.9 Å². The van der Waals surface area contributed by atoms with Crippen molar-refractivity contribution in [2.24, 2.45) is 0 Å². The smallest absolute Gasteiger partial charge is 0.252 e. The van der Waals surface area contributed by atoms with Crippen LogP contribution in [0.4, 0.5) is 0 Å². The average molecular weight is 315 g/mol. The summed E-state index contributed by atoms with van der Waals surface area (Å²) in [4.78, 5) is 13.2. The van der Waals surface area contributed by atoms with Crippen LogP contribution in [0.5, 0.6) is 5.75 Å². The Hall–Kier alpha value is -1.94. The molecule has 0 aliphatic heterocycles. The van der Waals surface area contributed by atoms with Crippen LogP contribution in [-0.2, 0) is 6.42 Å². The van der Waals surface area contributed by atoms with Crippen LogP contribution >= 0.6 is 11.8 Å². The first-order chi connectivity index (χ1) is 10.7. The van der Waals surface area contributed by atoms with E-state index in [1.165, 1.54) is 5.56 Å². The van der Waals surface area contributed by atoms with Crippen molar-refractivity contribution in [1.29, 1.82) is 0 Å². The fourth-order valence-corrected chi connectivity index (χ4v) is 2.85. The molecule has 2 aromatic rings. The normalized spacial score (nSPS) is 10.3. The molecule has 2 rings (SSSR count). The Labute approximate surface area is 136 Å². The summed E-state index contributed by atoms with van der Waals surface area (Å²) in [6.45, 7) is 0.665. The number of methoxy groups -OCH3 is 1. The van der Waals surface area contributed by atoms with Gasteiger partial charge >= 0.3 is 0 Å². The molecule has 0 unspecified atom stereocenters. The van der Waals surface area contributed by atoms with Crippen LogP contribution in [0.2, 0.25) is 0 Å². The number of thioether (sulfide) groups is 1. The second-order valence-corrected chi connectivity index (χ2v) is 5.76. The summed E-state index contributed by atoms with van der Waals surface area (Å²) < 4.78 is 5.21. The van der Waals surface area contributed by atoms with Crippen molar-refractivity contribution in [2.75, 3.05) is 19.9 Å². The first-order valence-electron chi connectivity index (χ1n) is 7.28. The number of hydrogen-bond donors (Lipinski definition) is 1. The molecule has 0 aliphatic carbocycles. The Morgan fingerprint density at radius 1 is 1.18 bits per heavy atom. The Balaban J connectivity index is 1.82. The number of ether oxygens (including phenoxy) is 1. The molecule has 3 nitrogen and oxygen atoms in total. The van der Waals surface area contributed by atoms with Gasteiger partial charge in [0.25, 0.3) is 5.91 Å². The minimum atomic E-state index is -0.00408. The summed E-state index contributed by atoms with van der Waals surface area (Å²) in [5.41, 5.74) is 1.97. The molecule has 0 atom stereocenters. The lowest BCUT2D eigenvalue weighted by Gasteiger charge is -2.09. The number of carbonyl (C=O) groups is 1. The second kappa shape index (κ2) is 8.49. The van der Waals surface area contributed by atoms with Gasteiger partial charge in [-0.15, -0.1) is 11.8 Å². The monoisotopic (exact) mass is 315 g/mol. The van der Waals surface area contributed by atoms with E-state index < -0.39 is 0 Å². The van der Waals surface area contributed by atoms with Gasteiger partial charge in [-0.05, 0) is 48.9 Å². The third-order valence-electron chi connectivity index (χ3n) is 3.41. The van der Waals surface area contributed by atoms with E-state index in [9.17, 15) is 4.79 Å². The third kappa shape index (κ3) is 4.53. The third-order valence-corrected chi connectivity index (χ3v) is 4.21. The summed E-state index contributed by atoms with van der Waals surface area (Å²) in [6, 6.07) is 15.7. The highest BCUT2D eigenvalue weighted by Crippen LogP contribution is 2.19. The summed E-state index contributed by atoms with van der Waals surface area (Å²) >= 11 is 1.59. The first kappa shape index (κ1) is 16.4. The molecular weight excluding hydrogens is 294 g/mol. The highest BCUT2D eigenvalue weighted by atomic mass is 32.2. The molecule has 0 radical (unpaired) electrons. The fraction of sp³-hybridized carbons (Fsp3) is 0.278. The summed E-state index contributed by atoms with van der Waals surface area (Å²) in [7, 11) is 1.67. The van der Waals surface area contributed by atoms with E-state index in [0.29, 0.717) is 6.54 Å². The molecule has 0 bridgehead atoms. The van der Waals surface area contributed by atoms with Gasteiger partial charge in [0.2, 0.25) is 0 Å². The maximum absolute atomic E-state index is 12.2. The molecule has 1 N–H and O–H groups in total. The average Bonchev–Trinajstić information content (AvgIpc) is 2.58. The van der Waals surface area contributed by atoms with E-state index in [4.69, 9.17) is 4.74 Å². The van der Waals surface area contributed by atoms with Crippen molar-refractivity contribution in [3.63, 3.8) is 0 Å². The van der Waals surface area contributed by atoms with Gasteiger partial charge in [0, 0.05) is 11.4 Å². The predicted molar refractivity (Wildman–Crippen MR) is 91.9 cm³/mol. The zero-order valence-electron chi connectivity index (χ0n) is 13.0. The number of carbonyl (C=O) groups excluding carboxylic acids is 1. The predicted octanol–water partition coefficient (Wildman–Crippen LogP) is 3.78. The molecule has 0 aromatic heterocycles. The highest BCUT2D eigenvalue weighted by molar-refractivity contribution is 7.98. The Morgan fingerprint density at radius 2 is 2.00 bits per heavy atom. The van der Waals surface area contributed by atoms with Gasteiger partial charge in [0.05, 0.1) is 12.7 Å². The highest BCUT2D eigenvalue weighted by Gasteiger charge is 2.09. The van der Waals surface area contributed by atoms with Crippen LogP contribution in [0.1, 0.15) is 22.3 Å². The Bertz CT molecular complexity index is 628. The van der Waals surface area contributed by atoms with Crippen LogP contribution in [0.3, 0.4) is 0 Å². The maximum atomic E-state index is 12.2. The first-order valence-corrected chi connectivity index (χ1v) is 8.51. The molecule has 22 heavy (non-hydrogen) atoms. The molecule has 0 aliphatic rings. The topological polar surface area (TPSA) is 38.3 Å². The van der Waals surface area contributed by atoms with Crippen molar-refractivity contribution < 1.29 is 9.53 Å². The van der Waals surface area contributed by atoms with Crippen LogP contribution in [0, 0.1) is 0 Å². The lowest BCUT2D eigenvalue weighted by Crippen LogP contribution is -2.25. The molecular formula is C18H21NO2S. The number of amides is 1. The largest absolute Gasteiger partial charge is 0.497 e. The molecule has 116 valence electrons. The van der Waals surface area contributed by atoms with Crippen molar-refractivity contribution >= 4 is 17.7 Å². The summed E-state index contributed by atoms with van der Waals surface area (Å²) in [5, 5.41) is 2.99. The molecule has 0 spiro atoms. The van der Waals surface area contributed by atoms with Crippen LogP contribution in [-0.4, -0.2) is 25.8 Å². The minimum absolute atomic E-state index is 0.00408. The van der Waals surface area contributed by atoms with Gasteiger partial charge in [-0.3, -0.25) is 4.79 Å². The van der Waals surface area contributed by atoms with Crippen LogP contribution in [0.25, 0.3) is 0 Å². The Kier molecular flexibility index (Phi) is 6.34. The second-order valence-electron chi connectivity index (χ2n) is 4.91. The number of benzene rings is 2. The number of rotatable bonds is 7. The zero-order chi connectivity index (χ0) is 15.8. The van der Waals surface area contributed by atoms with E-state index >= 15 is 0 Å². The molecule has 0 saturated heterocycles. The van der Waals surface area contributed by atoms with Crippen molar-refractivity contribution in [1.82, 2.24) is 5.32 Å². The molecule has 0 heterocycles. The number of hydrogen-bond acceptors (Lipinski definition) is 3. The van der Waals surface area contributed by atoms with E-state index in [0.717, 1.165) is 29.1 Å². The van der Waals surface area contributed by atoms with Gasteiger partial charge in [0.15, 0.2) is 0 Å². The van der Waals surface area contributed by atoms with Gasteiger partial charge in [-0.25, -0.2) is 0 Å². The van der Waals surface area contributed by atoms with Gasteiger partial charge < -0.3 is 10.1 Å². The molecule has 0 saturated carbocycles. The van der Waals surface area contributed by atoms with Gasteiger partial charge in [0.1, 0.15) is 5.75 Å². The van der Waals surface area contributed by atoms with Crippen molar-refractivity contribution in [3.8, 4) is 5.75 Å². The fourth-order valence-electron chi connectivity index (χ4n) is 2.25. The summed E-state index contributed by atoms with van der Waals surface area (Å²) in [5.74, 6) is 0.867. The standard InChI is InChI=1S/C18H21NO2S/c1-21-15-9-5-7-14(13-15)8-6-12-19-18(20)16-10-3-4-11-17(16)22-2/h3-5,7,9-11,13H,6,8,12H2,1-2H3,(H,19,20). The maximum Gasteiger partial charge on any atom is 0.252 e. The van der Waals surface area contributed by atoms with Crippen LogP contribution in [0.15, 0.2) is 53.4 Å². The van der Waals surface area contributed by atoms with E-state index in [2.05, 4.69) is 11.4 Å². The Morgan fingerprint density at radius 3 is 2.77 bits per heavy atom. The molecule has 2 aromatic carbocycles. The van der Waals surface area contributed by atoms with Crippen molar-refractivity contribution in [2.45, 2.75) is 17.7 Å². The zero-order valence-corrected chi connectivity index (χ0v) is 13.8. The number of aryl methyl sites for hydroxylation is 1. The SMILES string of the molecule is COc1cccc(CCCNC(=O)c2ccccc2SC)c1. The molecule has 4 heteroatoms. The minimum Gasteiger partial charge on any atom is -0.497 e. The molecule has 0 fully saturated rings. The van der Waals surface area contributed by atoms with Gasteiger partial charge in [-0.2, -0.15) is 0 Å². The van der Waals surface area contributed by atoms with E-state index in [-0.39, 0.29) is 5.91 Å².